The number of nitrogens with zero attached hydrogens (tertiary/aromatic N) is 4. The van der Waals surface area contributed by atoms with Crippen LogP contribution in [-0.2, 0) is 6.42 Å². The van der Waals surface area contributed by atoms with E-state index in [-0.39, 0.29) is 6.04 Å². The lowest BCUT2D eigenvalue weighted by Gasteiger charge is -2.04. The molecule has 0 aliphatic carbocycles. The van der Waals surface area contributed by atoms with Gasteiger partial charge in [-0.05, 0) is 38.2 Å². The average Bonchev–Trinajstić information content (AvgIpc) is 3.19. The van der Waals surface area contributed by atoms with Crippen molar-refractivity contribution in [1.29, 1.82) is 0 Å². The van der Waals surface area contributed by atoms with Crippen LogP contribution in [0.1, 0.15) is 12.7 Å². The maximum atomic E-state index is 6.03. The Bertz CT molecular complexity index is 814. The topological polar surface area (TPSA) is 68.8 Å². The highest BCUT2D eigenvalue weighted by Crippen LogP contribution is 2.25. The van der Waals surface area contributed by atoms with E-state index in [0.717, 1.165) is 5.69 Å². The number of aromatic nitrogens is 4. The third-order valence-electron chi connectivity index (χ3n) is 3.43. The van der Waals surface area contributed by atoms with Gasteiger partial charge in [0.15, 0.2) is 11.5 Å². The third-order valence-corrected chi connectivity index (χ3v) is 4.16. The number of halogens is 2. The van der Waals surface area contributed by atoms with E-state index in [1.54, 1.807) is 29.1 Å². The van der Waals surface area contributed by atoms with E-state index in [4.69, 9.17) is 27.7 Å². The summed E-state index contributed by atoms with van der Waals surface area (Å²) in [6.07, 6.45) is 2.49. The maximum Gasteiger partial charge on any atom is 0.278 e. The summed E-state index contributed by atoms with van der Waals surface area (Å²) >= 11 is 12.0. The Morgan fingerprint density at radius 2 is 2.09 bits per heavy atom. The summed E-state index contributed by atoms with van der Waals surface area (Å²) in [5.74, 6) is 1.04. The molecule has 3 rings (SSSR count). The quantitative estimate of drug-likeness (QED) is 0.762. The third kappa shape index (κ3) is 3.55. The Hall–Kier alpha value is -1.89. The lowest BCUT2D eigenvalue weighted by Crippen LogP contribution is -2.24. The Morgan fingerprint density at radius 3 is 2.83 bits per heavy atom. The first kappa shape index (κ1) is 16.0. The van der Waals surface area contributed by atoms with E-state index in [1.165, 1.54) is 0 Å². The van der Waals surface area contributed by atoms with E-state index in [2.05, 4.69) is 27.5 Å². The number of hydrogen-bond acceptors (Lipinski definition) is 5. The lowest BCUT2D eigenvalue weighted by molar-refractivity contribution is 0.417. The van der Waals surface area contributed by atoms with E-state index in [1.807, 2.05) is 13.1 Å². The monoisotopic (exact) mass is 351 g/mol. The Kier molecular flexibility index (Phi) is 4.66. The number of rotatable bonds is 5. The van der Waals surface area contributed by atoms with Crippen LogP contribution in [0.4, 0.5) is 0 Å². The van der Waals surface area contributed by atoms with Gasteiger partial charge in [-0.15, -0.1) is 0 Å². The number of benzene rings is 1. The Balaban J connectivity index is 1.83. The Labute approximate surface area is 143 Å². The van der Waals surface area contributed by atoms with E-state index >= 15 is 0 Å². The second kappa shape index (κ2) is 6.70. The SMILES string of the molecule is CNC(C)Cc1noc(-c2ccn(-c3ccc(Cl)c(Cl)c3)n2)n1. The summed E-state index contributed by atoms with van der Waals surface area (Å²) < 4.78 is 6.95. The minimum absolute atomic E-state index is 0.272. The number of nitrogens with one attached hydrogen (secondary N) is 1. The summed E-state index contributed by atoms with van der Waals surface area (Å²) in [5, 5.41) is 12.5. The highest BCUT2D eigenvalue weighted by atomic mass is 35.5. The predicted octanol–water partition coefficient (Wildman–Crippen LogP) is 3.38. The molecule has 0 amide bonds. The van der Waals surface area contributed by atoms with Crippen molar-refractivity contribution in [3.8, 4) is 17.3 Å². The molecule has 2 aromatic heterocycles. The molecule has 1 aromatic carbocycles. The standard InChI is InChI=1S/C15H15Cl2N5O/c1-9(18-2)7-14-19-15(23-21-14)13-5-6-22(20-13)10-3-4-11(16)12(17)8-10/h3-6,8-9,18H,7H2,1-2H3. The highest BCUT2D eigenvalue weighted by Gasteiger charge is 2.14. The second-order valence-electron chi connectivity index (χ2n) is 5.15. The molecule has 0 fully saturated rings. The molecular weight excluding hydrogens is 337 g/mol. The van der Waals surface area contributed by atoms with Crippen molar-refractivity contribution in [2.24, 2.45) is 0 Å². The predicted molar refractivity (Wildman–Crippen MR) is 89.1 cm³/mol. The first-order chi connectivity index (χ1) is 11.1. The van der Waals surface area contributed by atoms with Gasteiger partial charge in [0.1, 0.15) is 0 Å². The molecule has 6 nitrogen and oxygen atoms in total. The van der Waals surface area contributed by atoms with Crippen LogP contribution in [0.15, 0.2) is 35.0 Å². The molecular formula is C15H15Cl2N5O. The molecule has 0 spiro atoms. The zero-order valence-electron chi connectivity index (χ0n) is 12.6. The van der Waals surface area contributed by atoms with Crippen LogP contribution in [0.25, 0.3) is 17.3 Å². The van der Waals surface area contributed by atoms with Crippen LogP contribution in [0.2, 0.25) is 10.0 Å². The van der Waals surface area contributed by atoms with E-state index in [0.29, 0.717) is 33.9 Å². The van der Waals surface area contributed by atoms with Crippen LogP contribution < -0.4 is 5.32 Å². The molecule has 1 N–H and O–H groups in total. The van der Waals surface area contributed by atoms with Gasteiger partial charge < -0.3 is 9.84 Å². The molecule has 8 heteroatoms. The summed E-state index contributed by atoms with van der Waals surface area (Å²) in [5.41, 5.74) is 1.40. The summed E-state index contributed by atoms with van der Waals surface area (Å²) in [6.45, 7) is 2.05. The van der Waals surface area contributed by atoms with Gasteiger partial charge in [0.25, 0.3) is 5.89 Å². The number of likely N-dealkylation sites (N-methyl/N-ethyl adjacent to an activating group) is 1. The lowest BCUT2D eigenvalue weighted by atomic mass is 10.2. The molecule has 0 aliphatic heterocycles. The molecule has 120 valence electrons. The van der Waals surface area contributed by atoms with E-state index < -0.39 is 0 Å². The normalized spacial score (nSPS) is 12.5. The first-order valence-corrected chi connectivity index (χ1v) is 7.83. The Morgan fingerprint density at radius 1 is 1.26 bits per heavy atom. The minimum atomic E-state index is 0.272. The van der Waals surface area contributed by atoms with Crippen molar-refractivity contribution in [1.82, 2.24) is 25.2 Å². The van der Waals surface area contributed by atoms with Crippen molar-refractivity contribution >= 4 is 23.2 Å². The van der Waals surface area contributed by atoms with Gasteiger partial charge in [-0.1, -0.05) is 28.4 Å². The van der Waals surface area contributed by atoms with Crippen LogP contribution in [0.3, 0.4) is 0 Å². The van der Waals surface area contributed by atoms with Crippen LogP contribution in [-0.4, -0.2) is 33.0 Å². The molecule has 0 saturated carbocycles. The van der Waals surface area contributed by atoms with Gasteiger partial charge in [-0.2, -0.15) is 10.1 Å². The van der Waals surface area contributed by atoms with Crippen molar-refractivity contribution in [2.45, 2.75) is 19.4 Å². The van der Waals surface area contributed by atoms with Crippen molar-refractivity contribution in [3.05, 3.63) is 46.3 Å². The van der Waals surface area contributed by atoms with Crippen molar-refractivity contribution in [2.75, 3.05) is 7.05 Å². The molecule has 23 heavy (non-hydrogen) atoms. The smallest absolute Gasteiger partial charge is 0.278 e. The highest BCUT2D eigenvalue weighted by molar-refractivity contribution is 6.42. The van der Waals surface area contributed by atoms with Gasteiger partial charge in [0.05, 0.1) is 15.7 Å². The molecule has 0 saturated heterocycles. The minimum Gasteiger partial charge on any atom is -0.332 e. The molecule has 1 unspecified atom stereocenters. The zero-order chi connectivity index (χ0) is 16.4. The molecule has 1 atom stereocenters. The van der Waals surface area contributed by atoms with Gasteiger partial charge >= 0.3 is 0 Å². The molecule has 2 heterocycles. The van der Waals surface area contributed by atoms with Gasteiger partial charge in [0.2, 0.25) is 0 Å². The van der Waals surface area contributed by atoms with Crippen LogP contribution in [0.5, 0.6) is 0 Å². The van der Waals surface area contributed by atoms with Crippen molar-refractivity contribution in [3.63, 3.8) is 0 Å². The maximum absolute atomic E-state index is 6.03. The molecule has 0 radical (unpaired) electrons. The summed E-state index contributed by atoms with van der Waals surface area (Å²) in [7, 11) is 1.89. The van der Waals surface area contributed by atoms with Crippen molar-refractivity contribution < 1.29 is 4.52 Å². The average molecular weight is 352 g/mol. The molecule has 0 bridgehead atoms. The second-order valence-corrected chi connectivity index (χ2v) is 5.97. The summed E-state index contributed by atoms with van der Waals surface area (Å²) in [6, 6.07) is 7.38. The van der Waals surface area contributed by atoms with Crippen LogP contribution in [0, 0.1) is 0 Å². The molecule has 0 aliphatic rings. The van der Waals surface area contributed by atoms with Gasteiger partial charge in [0, 0.05) is 18.7 Å². The zero-order valence-corrected chi connectivity index (χ0v) is 14.1. The fraction of sp³-hybridized carbons (Fsp3) is 0.267. The fourth-order valence-corrected chi connectivity index (χ4v) is 2.32. The first-order valence-electron chi connectivity index (χ1n) is 7.08. The van der Waals surface area contributed by atoms with Gasteiger partial charge in [-0.25, -0.2) is 4.68 Å². The molecule has 3 aromatic rings. The summed E-state index contributed by atoms with van der Waals surface area (Å²) in [4.78, 5) is 4.37. The van der Waals surface area contributed by atoms with Gasteiger partial charge in [-0.3, -0.25) is 0 Å². The number of hydrogen-bond donors (Lipinski definition) is 1. The largest absolute Gasteiger partial charge is 0.332 e. The van der Waals surface area contributed by atoms with Crippen LogP contribution >= 0.6 is 23.2 Å². The van der Waals surface area contributed by atoms with E-state index in [9.17, 15) is 0 Å². The fourth-order valence-electron chi connectivity index (χ4n) is 2.03.